The van der Waals surface area contributed by atoms with Crippen molar-refractivity contribution in [1.82, 2.24) is 9.79 Å². The number of methoxy groups -OCH3 is 1. The lowest BCUT2D eigenvalue weighted by Gasteiger charge is -2.32. The number of halogens is 1. The Kier molecular flexibility index (Phi) is 5.61. The van der Waals surface area contributed by atoms with Crippen molar-refractivity contribution in [2.75, 3.05) is 20.2 Å². The van der Waals surface area contributed by atoms with Crippen LogP contribution in [0.2, 0.25) is 6.82 Å². The van der Waals surface area contributed by atoms with Crippen LogP contribution in [0.15, 0.2) is 28.9 Å². The van der Waals surface area contributed by atoms with Crippen LogP contribution in [0.4, 0.5) is 0 Å². The lowest BCUT2D eigenvalue weighted by Crippen LogP contribution is -2.45. The highest BCUT2D eigenvalue weighted by molar-refractivity contribution is 9.10. The second-order valence-electron chi connectivity index (χ2n) is 6.14. The number of rotatable bonds is 4. The zero-order valence-electron chi connectivity index (χ0n) is 14.2. The van der Waals surface area contributed by atoms with E-state index in [-0.39, 0.29) is 11.8 Å². The van der Waals surface area contributed by atoms with Gasteiger partial charge in [0.2, 0.25) is 0 Å². The van der Waals surface area contributed by atoms with Crippen molar-refractivity contribution in [3.05, 3.63) is 34.6 Å². The Morgan fingerprint density at radius 1 is 1.36 bits per heavy atom. The first-order valence-electron chi connectivity index (χ1n) is 8.25. The first-order chi connectivity index (χ1) is 12.0. The van der Waals surface area contributed by atoms with Gasteiger partial charge in [0.15, 0.2) is 0 Å². The summed E-state index contributed by atoms with van der Waals surface area (Å²) >= 11 is 3.52. The summed E-state index contributed by atoms with van der Waals surface area (Å²) in [4.78, 5) is 17.9. The molecule has 0 saturated carbocycles. The lowest BCUT2D eigenvalue weighted by atomic mass is 9.82. The minimum Gasteiger partial charge on any atom is -0.490 e. The number of piperidine rings is 1. The average molecular weight is 407 g/mol. The minimum atomic E-state index is -0.467. The molecule has 1 N–H and O–H groups in total. The molecule has 6 nitrogen and oxygen atoms in total. The number of aromatic nitrogens is 1. The summed E-state index contributed by atoms with van der Waals surface area (Å²) in [7, 11) is 0.915. The van der Waals surface area contributed by atoms with E-state index in [4.69, 9.17) is 9.47 Å². The summed E-state index contributed by atoms with van der Waals surface area (Å²) in [6.07, 6.45) is 3.46. The highest BCUT2D eigenvalue weighted by Crippen LogP contribution is 2.33. The second-order valence-corrected chi connectivity index (χ2v) is 6.99. The van der Waals surface area contributed by atoms with Gasteiger partial charge < -0.3 is 19.3 Å². The van der Waals surface area contributed by atoms with Gasteiger partial charge in [-0.1, -0.05) is 15.9 Å². The predicted molar refractivity (Wildman–Crippen MR) is 99.8 cm³/mol. The van der Waals surface area contributed by atoms with Crippen molar-refractivity contribution in [1.29, 1.82) is 0 Å². The number of hydrogen-bond donors (Lipinski definition) is 1. The van der Waals surface area contributed by atoms with Crippen LogP contribution in [0, 0.1) is 0 Å². The molecule has 0 unspecified atom stereocenters. The third-order valence-electron chi connectivity index (χ3n) is 4.50. The van der Waals surface area contributed by atoms with Crippen molar-refractivity contribution < 1.29 is 19.3 Å². The van der Waals surface area contributed by atoms with Gasteiger partial charge in [-0.15, -0.1) is 0 Å². The Hall–Kier alpha value is -1.64. The van der Waals surface area contributed by atoms with E-state index in [1.54, 1.807) is 19.1 Å². The van der Waals surface area contributed by atoms with Crippen LogP contribution in [-0.4, -0.2) is 54.1 Å². The van der Waals surface area contributed by atoms with Gasteiger partial charge >= 0.3 is 13.0 Å². The van der Waals surface area contributed by atoms with E-state index in [1.807, 2.05) is 16.9 Å². The number of carbonyl (C=O) groups is 1. The van der Waals surface area contributed by atoms with Crippen LogP contribution in [0.1, 0.15) is 23.3 Å². The molecule has 0 radical (unpaired) electrons. The molecule has 1 fully saturated rings. The Bertz CT molecular complexity index is 779. The van der Waals surface area contributed by atoms with Crippen LogP contribution >= 0.6 is 15.9 Å². The maximum atomic E-state index is 11.7. The molecule has 3 rings (SSSR count). The average Bonchev–Trinajstić information content (AvgIpc) is 2.63. The number of pyridine rings is 1. The zero-order chi connectivity index (χ0) is 18.0. The van der Waals surface area contributed by atoms with E-state index < -0.39 is 13.0 Å². The largest absolute Gasteiger partial charge is 0.490 e. The van der Waals surface area contributed by atoms with E-state index in [2.05, 4.69) is 20.9 Å². The second kappa shape index (κ2) is 7.72. The van der Waals surface area contributed by atoms with Crippen molar-refractivity contribution >= 4 is 39.7 Å². The van der Waals surface area contributed by atoms with Gasteiger partial charge in [-0.3, -0.25) is 0 Å². The molecule has 0 amide bonds. The summed E-state index contributed by atoms with van der Waals surface area (Å²) in [6, 6.07) is 5.52. The molecule has 1 aromatic heterocycles. The first kappa shape index (κ1) is 18.2. The van der Waals surface area contributed by atoms with E-state index in [0.29, 0.717) is 0 Å². The molecule has 1 aliphatic heterocycles. The maximum absolute atomic E-state index is 11.7. The fraction of sp³-hybridized carbons (Fsp3) is 0.412. The van der Waals surface area contributed by atoms with Gasteiger partial charge in [0.1, 0.15) is 17.5 Å². The van der Waals surface area contributed by atoms with Crippen molar-refractivity contribution in [2.24, 2.45) is 0 Å². The highest BCUT2D eigenvalue weighted by Gasteiger charge is 2.25. The molecule has 0 spiro atoms. The number of ether oxygens (including phenoxy) is 2. The number of nitrogens with zero attached hydrogens (tertiary/aromatic N) is 2. The Morgan fingerprint density at radius 3 is 2.72 bits per heavy atom. The molecule has 25 heavy (non-hydrogen) atoms. The van der Waals surface area contributed by atoms with Gasteiger partial charge in [0, 0.05) is 21.4 Å². The van der Waals surface area contributed by atoms with Crippen molar-refractivity contribution in [3.8, 4) is 5.75 Å². The Balaban J connectivity index is 1.83. The molecule has 132 valence electrons. The molecule has 0 bridgehead atoms. The summed E-state index contributed by atoms with van der Waals surface area (Å²) < 4.78 is 11.8. The van der Waals surface area contributed by atoms with Crippen molar-refractivity contribution in [3.63, 3.8) is 0 Å². The lowest BCUT2D eigenvalue weighted by molar-refractivity contribution is 0.0594. The molecule has 1 aromatic carbocycles. The van der Waals surface area contributed by atoms with E-state index in [1.165, 1.54) is 7.11 Å². The topological polar surface area (TPSA) is 71.9 Å². The van der Waals surface area contributed by atoms with Gasteiger partial charge in [-0.05, 0) is 51.0 Å². The third-order valence-corrected chi connectivity index (χ3v) is 5.19. The summed E-state index contributed by atoms with van der Waals surface area (Å²) in [6.45, 7) is 3.40. The van der Waals surface area contributed by atoms with Gasteiger partial charge in [-0.25, -0.2) is 9.78 Å². The predicted octanol–water partition coefficient (Wildman–Crippen LogP) is 2.74. The molecule has 2 heterocycles. The Labute approximate surface area is 155 Å². The fourth-order valence-corrected chi connectivity index (χ4v) is 3.50. The summed E-state index contributed by atoms with van der Waals surface area (Å²) in [5.41, 5.74) is 0.262. The molecule has 0 atom stereocenters. The standard InChI is InChI=1S/C17H20BBrN2O4/c1-18(23)21-7-5-11(6-8-21)25-16-4-3-14(19)12-9-15(17(22)24-2)20-10-13(12)16/h3-4,9-11,23H,5-8H2,1-2H3. The molecular weight excluding hydrogens is 387 g/mol. The molecule has 0 aliphatic carbocycles. The monoisotopic (exact) mass is 406 g/mol. The number of fused-ring (bicyclic) bond motifs is 1. The highest BCUT2D eigenvalue weighted by atomic mass is 79.9. The minimum absolute atomic E-state index is 0.0969. The first-order valence-corrected chi connectivity index (χ1v) is 9.04. The quantitative estimate of drug-likeness (QED) is 0.621. The third kappa shape index (κ3) is 3.97. The summed E-state index contributed by atoms with van der Waals surface area (Å²) in [5, 5.41) is 11.4. The zero-order valence-corrected chi connectivity index (χ0v) is 15.8. The molecule has 1 saturated heterocycles. The van der Waals surface area contributed by atoms with Crippen LogP contribution in [-0.2, 0) is 4.74 Å². The molecule has 2 aromatic rings. The van der Waals surface area contributed by atoms with Gasteiger partial charge in [0.25, 0.3) is 0 Å². The van der Waals surface area contributed by atoms with Crippen molar-refractivity contribution in [2.45, 2.75) is 25.8 Å². The maximum Gasteiger partial charge on any atom is 0.376 e. The smallest absolute Gasteiger partial charge is 0.376 e. The fourth-order valence-electron chi connectivity index (χ4n) is 3.04. The normalized spacial score (nSPS) is 16.0. The van der Waals surface area contributed by atoms with E-state index in [9.17, 15) is 9.82 Å². The summed E-state index contributed by atoms with van der Waals surface area (Å²) in [5.74, 6) is 0.281. The number of carbonyl (C=O) groups excluding carboxylic acids is 1. The number of esters is 1. The molecule has 1 aliphatic rings. The molecule has 8 heteroatoms. The Morgan fingerprint density at radius 2 is 2.08 bits per heavy atom. The van der Waals surface area contributed by atoms with Gasteiger partial charge in [-0.2, -0.15) is 0 Å². The number of hydrogen-bond acceptors (Lipinski definition) is 6. The number of benzene rings is 1. The van der Waals surface area contributed by atoms with Crippen LogP contribution < -0.4 is 4.74 Å². The van der Waals surface area contributed by atoms with Crippen LogP contribution in [0.5, 0.6) is 5.75 Å². The molecular formula is C17H20BBrN2O4. The van der Waals surface area contributed by atoms with Crippen LogP contribution in [0.25, 0.3) is 10.8 Å². The van der Waals surface area contributed by atoms with Crippen LogP contribution in [0.3, 0.4) is 0 Å². The SMILES string of the molecule is COC(=O)c1cc2c(Br)ccc(OC3CCN(B(C)O)CC3)c2cn1. The van der Waals surface area contributed by atoms with E-state index >= 15 is 0 Å². The van der Waals surface area contributed by atoms with E-state index in [0.717, 1.165) is 46.9 Å². The van der Waals surface area contributed by atoms with Gasteiger partial charge in [0.05, 0.1) is 7.11 Å².